The molecule has 1 aromatic rings. The highest BCUT2D eigenvalue weighted by Crippen LogP contribution is 2.02. The molecule has 0 aromatic heterocycles. The highest BCUT2D eigenvalue weighted by Gasteiger charge is 2.15. The fourth-order valence-corrected chi connectivity index (χ4v) is 1.39. The number of hydrogen-bond acceptors (Lipinski definition) is 4. The van der Waals surface area contributed by atoms with Crippen LogP contribution in [0.4, 0.5) is 0 Å². The van der Waals surface area contributed by atoms with Crippen LogP contribution in [0.5, 0.6) is 0 Å². The van der Waals surface area contributed by atoms with Crippen molar-refractivity contribution >= 4 is 11.9 Å². The summed E-state index contributed by atoms with van der Waals surface area (Å²) in [6.07, 6.45) is 1.51. The molecule has 1 rings (SSSR count). The van der Waals surface area contributed by atoms with Crippen LogP contribution >= 0.6 is 0 Å². The fourth-order valence-electron chi connectivity index (χ4n) is 1.39. The zero-order chi connectivity index (χ0) is 14.3. The molecule has 102 valence electrons. The molecule has 0 aliphatic rings. The first-order valence-corrected chi connectivity index (χ1v) is 5.96. The molecule has 0 saturated heterocycles. The van der Waals surface area contributed by atoms with E-state index in [1.165, 1.54) is 6.20 Å². The van der Waals surface area contributed by atoms with Gasteiger partial charge in [-0.2, -0.15) is 0 Å². The van der Waals surface area contributed by atoms with Crippen LogP contribution in [0.2, 0.25) is 0 Å². The summed E-state index contributed by atoms with van der Waals surface area (Å²) in [6, 6.07) is 8.68. The van der Waals surface area contributed by atoms with Crippen LogP contribution in [-0.2, 0) is 9.53 Å². The first-order chi connectivity index (χ1) is 9.04. The Hall–Kier alpha value is -2.30. The van der Waals surface area contributed by atoms with E-state index < -0.39 is 5.97 Å². The van der Waals surface area contributed by atoms with E-state index >= 15 is 0 Å². The third-order valence-corrected chi connectivity index (χ3v) is 2.17. The molecular formula is C14H18N2O3. The molecule has 0 aliphatic carbocycles. The van der Waals surface area contributed by atoms with Crippen LogP contribution in [0, 0.1) is 0 Å². The van der Waals surface area contributed by atoms with Gasteiger partial charge in [-0.25, -0.2) is 4.79 Å². The van der Waals surface area contributed by atoms with Gasteiger partial charge in [-0.15, -0.1) is 0 Å². The predicted molar refractivity (Wildman–Crippen MR) is 72.3 cm³/mol. The summed E-state index contributed by atoms with van der Waals surface area (Å²) in [6.45, 7) is 1.97. The Morgan fingerprint density at radius 1 is 1.26 bits per heavy atom. The van der Waals surface area contributed by atoms with Gasteiger partial charge in [-0.05, 0) is 19.1 Å². The van der Waals surface area contributed by atoms with E-state index in [9.17, 15) is 9.59 Å². The van der Waals surface area contributed by atoms with Crippen LogP contribution < -0.4 is 5.32 Å². The second kappa shape index (κ2) is 7.20. The number of benzene rings is 1. The Labute approximate surface area is 112 Å². The number of carbonyl (C=O) groups is 2. The lowest BCUT2D eigenvalue weighted by Crippen LogP contribution is -2.30. The van der Waals surface area contributed by atoms with Crippen molar-refractivity contribution in [1.29, 1.82) is 0 Å². The summed E-state index contributed by atoms with van der Waals surface area (Å²) >= 11 is 0. The summed E-state index contributed by atoms with van der Waals surface area (Å²) < 4.78 is 4.89. The molecular weight excluding hydrogens is 244 g/mol. The van der Waals surface area contributed by atoms with Gasteiger partial charge in [-0.1, -0.05) is 18.2 Å². The van der Waals surface area contributed by atoms with E-state index in [2.05, 4.69) is 5.32 Å². The summed E-state index contributed by atoms with van der Waals surface area (Å²) in [5.41, 5.74) is 0.595. The first kappa shape index (κ1) is 14.8. The van der Waals surface area contributed by atoms with E-state index in [0.29, 0.717) is 5.56 Å². The zero-order valence-electron chi connectivity index (χ0n) is 11.3. The first-order valence-electron chi connectivity index (χ1n) is 5.96. The standard InChI is InChI=1S/C14H18N2O3/c1-4-19-14(18)12(10-16(2)3)15-13(17)11-8-6-5-7-9-11/h5-10H,4H2,1-3H3,(H,15,17)/b12-10-. The van der Waals surface area contributed by atoms with E-state index in [4.69, 9.17) is 4.74 Å². The molecule has 0 spiro atoms. The molecule has 0 unspecified atom stereocenters. The molecule has 5 nitrogen and oxygen atoms in total. The largest absolute Gasteiger partial charge is 0.461 e. The summed E-state index contributed by atoms with van der Waals surface area (Å²) in [4.78, 5) is 25.3. The topological polar surface area (TPSA) is 58.6 Å². The summed E-state index contributed by atoms with van der Waals surface area (Å²) in [5, 5.41) is 2.56. The van der Waals surface area contributed by atoms with E-state index in [0.717, 1.165) is 0 Å². The molecule has 1 aromatic carbocycles. The molecule has 1 N–H and O–H groups in total. The Balaban J connectivity index is 2.84. The van der Waals surface area contributed by atoms with Crippen LogP contribution in [0.15, 0.2) is 42.2 Å². The minimum Gasteiger partial charge on any atom is -0.461 e. The highest BCUT2D eigenvalue weighted by molar-refractivity contribution is 6.00. The molecule has 0 bridgehead atoms. The predicted octanol–water partition coefficient (Wildman–Crippen LogP) is 1.38. The second-order valence-corrected chi connectivity index (χ2v) is 4.05. The van der Waals surface area contributed by atoms with Crippen LogP contribution in [-0.4, -0.2) is 37.5 Å². The molecule has 0 atom stereocenters. The van der Waals surface area contributed by atoms with Gasteiger partial charge in [-0.3, -0.25) is 4.79 Å². The van der Waals surface area contributed by atoms with Gasteiger partial charge in [0.25, 0.3) is 5.91 Å². The highest BCUT2D eigenvalue weighted by atomic mass is 16.5. The normalized spacial score (nSPS) is 10.8. The molecule has 5 heteroatoms. The van der Waals surface area contributed by atoms with Gasteiger partial charge >= 0.3 is 5.97 Å². The lowest BCUT2D eigenvalue weighted by molar-refractivity contribution is -0.138. The van der Waals surface area contributed by atoms with Gasteiger partial charge in [0.15, 0.2) is 0 Å². The molecule has 0 saturated carbocycles. The fraction of sp³-hybridized carbons (Fsp3) is 0.286. The van der Waals surface area contributed by atoms with Crippen molar-refractivity contribution in [2.24, 2.45) is 0 Å². The average Bonchev–Trinajstić information content (AvgIpc) is 2.38. The Bertz CT molecular complexity index is 467. The number of nitrogens with zero attached hydrogens (tertiary/aromatic N) is 1. The molecule has 0 fully saturated rings. The quantitative estimate of drug-likeness (QED) is 0.643. The zero-order valence-corrected chi connectivity index (χ0v) is 11.3. The number of nitrogens with one attached hydrogen (secondary N) is 1. The van der Waals surface area contributed by atoms with Gasteiger partial charge < -0.3 is 15.0 Å². The SMILES string of the molecule is CCOC(=O)/C(=C/N(C)C)NC(=O)c1ccccc1. The van der Waals surface area contributed by atoms with E-state index in [-0.39, 0.29) is 18.2 Å². The number of carbonyl (C=O) groups excluding carboxylic acids is 2. The number of esters is 1. The van der Waals surface area contributed by atoms with E-state index in [1.807, 2.05) is 6.07 Å². The van der Waals surface area contributed by atoms with Crippen LogP contribution in [0.25, 0.3) is 0 Å². The van der Waals surface area contributed by atoms with Crippen LogP contribution in [0.3, 0.4) is 0 Å². The van der Waals surface area contributed by atoms with Crippen molar-refractivity contribution in [3.63, 3.8) is 0 Å². The van der Waals surface area contributed by atoms with Gasteiger partial charge in [0.1, 0.15) is 5.70 Å². The number of rotatable bonds is 5. The third kappa shape index (κ3) is 4.83. The lowest BCUT2D eigenvalue weighted by Gasteiger charge is -2.12. The maximum atomic E-state index is 12.0. The molecule has 1 amide bonds. The maximum absolute atomic E-state index is 12.0. The Morgan fingerprint density at radius 3 is 2.42 bits per heavy atom. The van der Waals surface area contributed by atoms with Crippen molar-refractivity contribution < 1.29 is 14.3 Å². The summed E-state index contributed by atoms with van der Waals surface area (Å²) in [5.74, 6) is -0.901. The van der Waals surface area contributed by atoms with Crippen molar-refractivity contribution in [2.75, 3.05) is 20.7 Å². The lowest BCUT2D eigenvalue weighted by atomic mass is 10.2. The van der Waals surface area contributed by atoms with Crippen molar-refractivity contribution in [3.8, 4) is 0 Å². The smallest absolute Gasteiger partial charge is 0.356 e. The third-order valence-electron chi connectivity index (χ3n) is 2.17. The number of hydrogen-bond donors (Lipinski definition) is 1. The minimum absolute atomic E-state index is 0.112. The molecule has 0 heterocycles. The van der Waals surface area contributed by atoms with Crippen molar-refractivity contribution in [3.05, 3.63) is 47.8 Å². The molecule has 0 aliphatic heterocycles. The van der Waals surface area contributed by atoms with Crippen LogP contribution in [0.1, 0.15) is 17.3 Å². The van der Waals surface area contributed by atoms with Crippen molar-refractivity contribution in [2.45, 2.75) is 6.92 Å². The molecule has 0 radical (unpaired) electrons. The Kier molecular flexibility index (Phi) is 5.60. The average molecular weight is 262 g/mol. The monoisotopic (exact) mass is 262 g/mol. The van der Waals surface area contributed by atoms with Gasteiger partial charge in [0, 0.05) is 25.9 Å². The summed E-state index contributed by atoms with van der Waals surface area (Å²) in [7, 11) is 3.52. The van der Waals surface area contributed by atoms with Gasteiger partial charge in [0.05, 0.1) is 6.61 Å². The maximum Gasteiger partial charge on any atom is 0.356 e. The second-order valence-electron chi connectivity index (χ2n) is 4.05. The van der Waals surface area contributed by atoms with E-state index in [1.54, 1.807) is 50.2 Å². The molecule has 19 heavy (non-hydrogen) atoms. The number of amides is 1. The van der Waals surface area contributed by atoms with Crippen molar-refractivity contribution in [1.82, 2.24) is 10.2 Å². The number of ether oxygens (including phenoxy) is 1. The van der Waals surface area contributed by atoms with Gasteiger partial charge in [0.2, 0.25) is 0 Å². The Morgan fingerprint density at radius 2 is 1.89 bits per heavy atom. The minimum atomic E-state index is -0.555.